The number of para-hydroxylation sites is 1. The zero-order chi connectivity index (χ0) is 22.6. The smallest absolute Gasteiger partial charge is 0.262 e. The van der Waals surface area contributed by atoms with Gasteiger partial charge in [0.15, 0.2) is 6.61 Å². The van der Waals surface area contributed by atoms with E-state index in [9.17, 15) is 13.2 Å². The van der Waals surface area contributed by atoms with Gasteiger partial charge in [0.2, 0.25) is 15.9 Å². The summed E-state index contributed by atoms with van der Waals surface area (Å²) >= 11 is 0. The van der Waals surface area contributed by atoms with E-state index >= 15 is 0 Å². The van der Waals surface area contributed by atoms with Gasteiger partial charge in [-0.05, 0) is 56.2 Å². The van der Waals surface area contributed by atoms with Crippen molar-refractivity contribution in [2.24, 2.45) is 0 Å². The highest BCUT2D eigenvalue weighted by Gasteiger charge is 2.25. The minimum Gasteiger partial charge on any atom is -0.467 e. The van der Waals surface area contributed by atoms with Gasteiger partial charge in [0.25, 0.3) is 5.91 Å². The molecule has 0 bridgehead atoms. The first kappa shape index (κ1) is 22.2. The van der Waals surface area contributed by atoms with Gasteiger partial charge < -0.3 is 10.1 Å². The van der Waals surface area contributed by atoms with Crippen molar-refractivity contribution in [3.8, 4) is 5.88 Å². The Bertz CT molecular complexity index is 1200. The average Bonchev–Trinajstić information content (AvgIpc) is 3.08. The van der Waals surface area contributed by atoms with Crippen molar-refractivity contribution >= 4 is 32.5 Å². The van der Waals surface area contributed by atoms with E-state index in [0.717, 1.165) is 36.6 Å². The summed E-state index contributed by atoms with van der Waals surface area (Å²) in [6, 6.07) is 13.7. The molecule has 0 atom stereocenters. The first-order valence-electron chi connectivity index (χ1n) is 10.7. The minimum atomic E-state index is -3.52. The number of nitrogens with zero attached hydrogens (tertiary/aromatic N) is 3. The van der Waals surface area contributed by atoms with E-state index < -0.39 is 10.0 Å². The van der Waals surface area contributed by atoms with Crippen LogP contribution in [0, 0.1) is 6.92 Å². The molecule has 32 heavy (non-hydrogen) atoms. The molecule has 0 saturated carbocycles. The SMILES string of the molecule is Cc1nc(OCC(=O)Nc2ccc(S(=O)(=O)N3CCCCCC3)cc2)c2ccccc2n1. The van der Waals surface area contributed by atoms with Crippen molar-refractivity contribution in [1.82, 2.24) is 14.3 Å². The third-order valence-electron chi connectivity index (χ3n) is 5.36. The average molecular weight is 455 g/mol. The number of aromatic nitrogens is 2. The summed E-state index contributed by atoms with van der Waals surface area (Å²) < 4.78 is 32.9. The van der Waals surface area contributed by atoms with Gasteiger partial charge in [-0.3, -0.25) is 4.79 Å². The number of ether oxygens (including phenoxy) is 1. The standard InChI is InChI=1S/C23H26N4O4S/c1-17-24-21-9-5-4-8-20(21)23(25-17)31-16-22(28)26-18-10-12-19(13-11-18)32(29,30)27-14-6-2-3-7-15-27/h4-5,8-13H,2-3,6-7,14-16H2,1H3,(H,26,28). The highest BCUT2D eigenvalue weighted by atomic mass is 32.2. The van der Waals surface area contributed by atoms with Gasteiger partial charge in [-0.1, -0.05) is 25.0 Å². The molecule has 1 fully saturated rings. The molecule has 2 aromatic carbocycles. The van der Waals surface area contributed by atoms with E-state index in [1.807, 2.05) is 24.3 Å². The van der Waals surface area contributed by atoms with Crippen LogP contribution >= 0.6 is 0 Å². The van der Waals surface area contributed by atoms with E-state index in [2.05, 4.69) is 15.3 Å². The van der Waals surface area contributed by atoms with Gasteiger partial charge in [-0.15, -0.1) is 0 Å². The molecule has 1 aliphatic rings. The van der Waals surface area contributed by atoms with Crippen LogP contribution in [0.2, 0.25) is 0 Å². The van der Waals surface area contributed by atoms with Gasteiger partial charge in [-0.25, -0.2) is 13.4 Å². The number of carbonyl (C=O) groups is 1. The van der Waals surface area contributed by atoms with Crippen LogP contribution in [0.4, 0.5) is 5.69 Å². The highest BCUT2D eigenvalue weighted by Crippen LogP contribution is 2.23. The van der Waals surface area contributed by atoms with Gasteiger partial charge in [0, 0.05) is 18.8 Å². The summed E-state index contributed by atoms with van der Waals surface area (Å²) in [5.74, 6) is 0.538. The summed E-state index contributed by atoms with van der Waals surface area (Å²) in [7, 11) is -3.52. The molecule has 168 valence electrons. The van der Waals surface area contributed by atoms with Crippen molar-refractivity contribution in [3.63, 3.8) is 0 Å². The monoisotopic (exact) mass is 454 g/mol. The second-order valence-corrected chi connectivity index (χ2v) is 9.71. The van der Waals surface area contributed by atoms with E-state index in [1.54, 1.807) is 23.4 Å². The summed E-state index contributed by atoms with van der Waals surface area (Å²) in [5.41, 5.74) is 1.24. The first-order valence-corrected chi connectivity index (χ1v) is 12.1. The molecule has 0 unspecified atom stereocenters. The van der Waals surface area contributed by atoms with Crippen molar-refractivity contribution in [2.75, 3.05) is 25.0 Å². The van der Waals surface area contributed by atoms with Crippen molar-refractivity contribution in [3.05, 3.63) is 54.4 Å². The predicted octanol–water partition coefficient (Wildman–Crippen LogP) is 3.52. The lowest BCUT2D eigenvalue weighted by Crippen LogP contribution is -2.31. The van der Waals surface area contributed by atoms with Gasteiger partial charge in [-0.2, -0.15) is 9.29 Å². The Kier molecular flexibility index (Phi) is 6.66. The molecule has 1 N–H and O–H groups in total. The number of benzene rings is 2. The number of fused-ring (bicyclic) bond motifs is 1. The number of anilines is 1. The van der Waals surface area contributed by atoms with Crippen molar-refractivity contribution in [1.29, 1.82) is 0 Å². The number of nitrogens with one attached hydrogen (secondary N) is 1. The molecule has 0 spiro atoms. The lowest BCUT2D eigenvalue weighted by Gasteiger charge is -2.20. The van der Waals surface area contributed by atoms with Crippen LogP contribution in [0.1, 0.15) is 31.5 Å². The topological polar surface area (TPSA) is 101 Å². The number of aryl methyl sites for hydroxylation is 1. The first-order chi connectivity index (χ1) is 15.4. The fourth-order valence-electron chi connectivity index (χ4n) is 3.74. The molecule has 1 aromatic heterocycles. The Labute approximate surface area is 187 Å². The van der Waals surface area contributed by atoms with Crippen LogP contribution in [0.15, 0.2) is 53.4 Å². The predicted molar refractivity (Wildman–Crippen MR) is 122 cm³/mol. The minimum absolute atomic E-state index is 0.228. The zero-order valence-corrected chi connectivity index (χ0v) is 18.8. The number of hydrogen-bond acceptors (Lipinski definition) is 6. The maximum Gasteiger partial charge on any atom is 0.262 e. The zero-order valence-electron chi connectivity index (χ0n) is 18.0. The van der Waals surface area contributed by atoms with Gasteiger partial charge in [0.05, 0.1) is 15.8 Å². The molecular formula is C23H26N4O4S. The number of amides is 1. The largest absolute Gasteiger partial charge is 0.467 e. The molecular weight excluding hydrogens is 428 g/mol. The lowest BCUT2D eigenvalue weighted by molar-refractivity contribution is -0.118. The number of rotatable bonds is 6. The Morgan fingerprint density at radius 3 is 2.41 bits per heavy atom. The fraction of sp³-hybridized carbons (Fsp3) is 0.348. The van der Waals surface area contributed by atoms with Gasteiger partial charge >= 0.3 is 0 Å². The van der Waals surface area contributed by atoms with E-state index in [-0.39, 0.29) is 17.4 Å². The van der Waals surface area contributed by atoms with Crippen LogP contribution in [0.3, 0.4) is 0 Å². The second-order valence-electron chi connectivity index (χ2n) is 7.77. The molecule has 1 amide bonds. The second kappa shape index (κ2) is 9.62. The Hall–Kier alpha value is -3.04. The number of hydrogen-bond donors (Lipinski definition) is 1. The van der Waals surface area contributed by atoms with Crippen LogP contribution in [-0.4, -0.2) is 48.3 Å². The molecule has 3 aromatic rings. The molecule has 8 nitrogen and oxygen atoms in total. The summed E-state index contributed by atoms with van der Waals surface area (Å²) in [4.78, 5) is 21.2. The Morgan fingerprint density at radius 2 is 1.69 bits per heavy atom. The third kappa shape index (κ3) is 5.05. The molecule has 9 heteroatoms. The van der Waals surface area contributed by atoms with Crippen LogP contribution < -0.4 is 10.1 Å². The quantitative estimate of drug-likeness (QED) is 0.612. The van der Waals surface area contributed by atoms with E-state index in [4.69, 9.17) is 4.74 Å². The fourth-order valence-corrected chi connectivity index (χ4v) is 5.26. The lowest BCUT2D eigenvalue weighted by atomic mass is 10.2. The van der Waals surface area contributed by atoms with Crippen LogP contribution in [-0.2, 0) is 14.8 Å². The molecule has 0 radical (unpaired) electrons. The summed E-state index contributed by atoms with van der Waals surface area (Å²) in [6.07, 6.45) is 3.88. The Balaban J connectivity index is 1.39. The van der Waals surface area contributed by atoms with Gasteiger partial charge in [0.1, 0.15) is 5.82 Å². The van der Waals surface area contributed by atoms with Crippen molar-refractivity contribution in [2.45, 2.75) is 37.5 Å². The maximum atomic E-state index is 12.9. The summed E-state index contributed by atoms with van der Waals surface area (Å²) in [5, 5.41) is 3.46. The summed E-state index contributed by atoms with van der Waals surface area (Å²) in [6.45, 7) is 2.64. The third-order valence-corrected chi connectivity index (χ3v) is 7.27. The van der Waals surface area contributed by atoms with E-state index in [0.29, 0.717) is 30.5 Å². The molecule has 0 aliphatic carbocycles. The molecule has 1 saturated heterocycles. The molecule has 1 aliphatic heterocycles. The Morgan fingerprint density at radius 1 is 1.00 bits per heavy atom. The normalized spacial score (nSPS) is 15.3. The van der Waals surface area contributed by atoms with E-state index in [1.165, 1.54) is 12.1 Å². The molecule has 4 rings (SSSR count). The molecule has 2 heterocycles. The van der Waals surface area contributed by atoms with Crippen LogP contribution in [0.5, 0.6) is 5.88 Å². The maximum absolute atomic E-state index is 12.9. The highest BCUT2D eigenvalue weighted by molar-refractivity contribution is 7.89. The van der Waals surface area contributed by atoms with Crippen molar-refractivity contribution < 1.29 is 17.9 Å². The number of sulfonamides is 1. The van der Waals surface area contributed by atoms with Crippen LogP contribution in [0.25, 0.3) is 10.9 Å². The number of carbonyl (C=O) groups excluding carboxylic acids is 1.